The molecule has 4 atom stereocenters. The molecular formula is C20H36. The second kappa shape index (κ2) is 6.84. The molecule has 0 aromatic rings. The Morgan fingerprint density at radius 2 is 1.45 bits per heavy atom. The monoisotopic (exact) mass is 276 g/mol. The van der Waals surface area contributed by atoms with Crippen molar-refractivity contribution < 1.29 is 0 Å². The van der Waals surface area contributed by atoms with Gasteiger partial charge in [-0.05, 0) is 67.6 Å². The van der Waals surface area contributed by atoms with E-state index in [1.165, 1.54) is 25.7 Å². The van der Waals surface area contributed by atoms with Crippen LogP contribution in [0.4, 0.5) is 0 Å². The van der Waals surface area contributed by atoms with Crippen LogP contribution in [0.5, 0.6) is 0 Å². The molecule has 3 aliphatic rings. The third-order valence-corrected chi connectivity index (χ3v) is 7.31. The van der Waals surface area contributed by atoms with Crippen LogP contribution in [0.2, 0.25) is 0 Å². The fourth-order valence-electron chi connectivity index (χ4n) is 6.06. The average molecular weight is 277 g/mol. The van der Waals surface area contributed by atoms with Gasteiger partial charge in [0.1, 0.15) is 0 Å². The summed E-state index contributed by atoms with van der Waals surface area (Å²) in [5, 5.41) is 0. The molecule has 0 amide bonds. The minimum absolute atomic E-state index is 1.04. The molecule has 0 saturated heterocycles. The Balaban J connectivity index is 1.51. The van der Waals surface area contributed by atoms with E-state index in [2.05, 4.69) is 13.8 Å². The molecule has 0 aliphatic heterocycles. The van der Waals surface area contributed by atoms with Crippen molar-refractivity contribution in [3.05, 3.63) is 0 Å². The lowest BCUT2D eigenvalue weighted by molar-refractivity contribution is 0.0470. The van der Waals surface area contributed by atoms with Gasteiger partial charge in [-0.25, -0.2) is 0 Å². The molecule has 0 heterocycles. The van der Waals surface area contributed by atoms with Crippen LogP contribution < -0.4 is 0 Å². The summed E-state index contributed by atoms with van der Waals surface area (Å²) in [5.41, 5.74) is 0. The summed E-state index contributed by atoms with van der Waals surface area (Å²) in [7, 11) is 0. The number of fused-ring (bicyclic) bond motifs is 1. The molecule has 3 aliphatic carbocycles. The lowest BCUT2D eigenvalue weighted by Crippen LogP contribution is -2.36. The maximum atomic E-state index is 2.55. The summed E-state index contributed by atoms with van der Waals surface area (Å²) in [6.45, 7) is 4.91. The summed E-state index contributed by atoms with van der Waals surface area (Å²) >= 11 is 0. The smallest absolute Gasteiger partial charge is 0.0357 e. The Hall–Kier alpha value is 0. The molecule has 0 heteroatoms. The van der Waals surface area contributed by atoms with E-state index in [9.17, 15) is 0 Å². The topological polar surface area (TPSA) is 0 Å². The average Bonchev–Trinajstić information content (AvgIpc) is 2.49. The van der Waals surface area contributed by atoms with Crippen LogP contribution in [0.3, 0.4) is 0 Å². The van der Waals surface area contributed by atoms with Gasteiger partial charge < -0.3 is 0 Å². The van der Waals surface area contributed by atoms with Gasteiger partial charge in [0.05, 0.1) is 0 Å². The van der Waals surface area contributed by atoms with Gasteiger partial charge in [0.2, 0.25) is 0 Å². The van der Waals surface area contributed by atoms with Crippen LogP contribution in [-0.2, 0) is 0 Å². The van der Waals surface area contributed by atoms with Crippen LogP contribution in [-0.4, -0.2) is 0 Å². The third kappa shape index (κ3) is 3.25. The van der Waals surface area contributed by atoms with Crippen molar-refractivity contribution in [1.82, 2.24) is 0 Å². The normalized spacial score (nSPS) is 45.9. The highest BCUT2D eigenvalue weighted by atomic mass is 14.4. The highest BCUT2D eigenvalue weighted by Crippen LogP contribution is 2.49. The van der Waals surface area contributed by atoms with Gasteiger partial charge in [-0.15, -0.1) is 0 Å². The van der Waals surface area contributed by atoms with Gasteiger partial charge in [-0.3, -0.25) is 0 Å². The second-order valence-electron chi connectivity index (χ2n) is 8.47. The zero-order valence-electron chi connectivity index (χ0n) is 13.9. The molecule has 0 N–H and O–H groups in total. The van der Waals surface area contributed by atoms with Crippen molar-refractivity contribution in [3.8, 4) is 0 Å². The van der Waals surface area contributed by atoms with E-state index < -0.39 is 0 Å². The number of hydrogen-bond donors (Lipinski definition) is 0. The van der Waals surface area contributed by atoms with E-state index in [1.807, 2.05) is 0 Å². The van der Waals surface area contributed by atoms with Gasteiger partial charge in [0, 0.05) is 0 Å². The molecule has 0 bridgehead atoms. The summed E-state index contributed by atoms with van der Waals surface area (Å²) in [5.74, 6) is 6.56. The van der Waals surface area contributed by atoms with E-state index in [-0.39, 0.29) is 0 Å². The lowest BCUT2D eigenvalue weighted by atomic mass is 9.60. The zero-order chi connectivity index (χ0) is 13.9. The van der Waals surface area contributed by atoms with Crippen molar-refractivity contribution >= 4 is 0 Å². The van der Waals surface area contributed by atoms with E-state index in [0.717, 1.165) is 35.5 Å². The van der Waals surface area contributed by atoms with Gasteiger partial charge >= 0.3 is 0 Å². The first kappa shape index (κ1) is 14.9. The van der Waals surface area contributed by atoms with Crippen molar-refractivity contribution in [2.45, 2.75) is 90.9 Å². The van der Waals surface area contributed by atoms with Crippen LogP contribution >= 0.6 is 0 Å². The number of hydrogen-bond acceptors (Lipinski definition) is 0. The maximum absolute atomic E-state index is 2.55. The lowest BCUT2D eigenvalue weighted by Gasteiger charge is -2.46. The van der Waals surface area contributed by atoms with E-state index in [0.29, 0.717) is 0 Å². The Bertz CT molecular complexity index is 286. The predicted octanol–water partition coefficient (Wildman–Crippen LogP) is 6.45. The standard InChI is InChI=1S/C20H36/c1-3-5-16-8-10-17(11-9-16)19-13-12-18-7-4-6-15(2)20(18)14-19/h15-20H,3-14H2,1-2H3. The highest BCUT2D eigenvalue weighted by Gasteiger charge is 2.39. The first-order valence-corrected chi connectivity index (χ1v) is 9.78. The SMILES string of the molecule is CCCC1CCC(C2CCC3CCCC(C)C3C2)CC1. The Morgan fingerprint density at radius 1 is 0.750 bits per heavy atom. The van der Waals surface area contributed by atoms with Crippen molar-refractivity contribution in [2.24, 2.45) is 35.5 Å². The predicted molar refractivity (Wildman–Crippen MR) is 87.7 cm³/mol. The van der Waals surface area contributed by atoms with Gasteiger partial charge in [0.15, 0.2) is 0 Å². The van der Waals surface area contributed by atoms with Crippen LogP contribution in [0.1, 0.15) is 90.9 Å². The minimum atomic E-state index is 1.04. The van der Waals surface area contributed by atoms with Crippen molar-refractivity contribution in [3.63, 3.8) is 0 Å². The summed E-state index contributed by atoms with van der Waals surface area (Å²) in [4.78, 5) is 0. The van der Waals surface area contributed by atoms with Crippen LogP contribution in [0.15, 0.2) is 0 Å². The first-order chi connectivity index (χ1) is 9.78. The first-order valence-electron chi connectivity index (χ1n) is 9.78. The summed E-state index contributed by atoms with van der Waals surface area (Å²) in [6, 6.07) is 0. The van der Waals surface area contributed by atoms with Crippen molar-refractivity contribution in [2.75, 3.05) is 0 Å². The molecule has 3 rings (SSSR count). The maximum Gasteiger partial charge on any atom is -0.0357 e. The molecule has 3 fully saturated rings. The molecule has 0 aromatic carbocycles. The van der Waals surface area contributed by atoms with Crippen LogP contribution in [0.25, 0.3) is 0 Å². The largest absolute Gasteiger partial charge is 0.0654 e. The van der Waals surface area contributed by atoms with Gasteiger partial charge in [-0.1, -0.05) is 58.8 Å². The van der Waals surface area contributed by atoms with E-state index >= 15 is 0 Å². The summed E-state index contributed by atoms with van der Waals surface area (Å²) < 4.78 is 0. The Morgan fingerprint density at radius 3 is 2.20 bits per heavy atom. The molecular weight excluding hydrogens is 240 g/mol. The molecule has 116 valence electrons. The minimum Gasteiger partial charge on any atom is -0.0654 e. The zero-order valence-corrected chi connectivity index (χ0v) is 13.9. The third-order valence-electron chi connectivity index (χ3n) is 7.31. The Labute approximate surface area is 127 Å². The van der Waals surface area contributed by atoms with E-state index in [4.69, 9.17) is 0 Å². The van der Waals surface area contributed by atoms with Gasteiger partial charge in [0.25, 0.3) is 0 Å². The van der Waals surface area contributed by atoms with Crippen molar-refractivity contribution in [1.29, 1.82) is 0 Å². The molecule has 20 heavy (non-hydrogen) atoms. The molecule has 3 saturated carbocycles. The molecule has 0 nitrogen and oxygen atoms in total. The molecule has 4 unspecified atom stereocenters. The quantitative estimate of drug-likeness (QED) is 0.556. The second-order valence-corrected chi connectivity index (χ2v) is 8.47. The summed E-state index contributed by atoms with van der Waals surface area (Å²) in [6.07, 6.45) is 18.5. The highest BCUT2D eigenvalue weighted by molar-refractivity contribution is 4.89. The molecule has 0 aromatic heterocycles. The molecule has 0 radical (unpaired) electrons. The van der Waals surface area contributed by atoms with Crippen LogP contribution in [0, 0.1) is 35.5 Å². The molecule has 0 spiro atoms. The van der Waals surface area contributed by atoms with Gasteiger partial charge in [-0.2, -0.15) is 0 Å². The van der Waals surface area contributed by atoms with E-state index in [1.54, 1.807) is 51.4 Å². The fourth-order valence-corrected chi connectivity index (χ4v) is 6.06. The fraction of sp³-hybridized carbons (Fsp3) is 1.00. The Kier molecular flexibility index (Phi) is 5.10. The number of rotatable bonds is 3.